The van der Waals surface area contributed by atoms with Gasteiger partial charge in [-0.05, 0) is 43.9 Å². The van der Waals surface area contributed by atoms with Crippen LogP contribution in [0.25, 0.3) is 0 Å². The van der Waals surface area contributed by atoms with Gasteiger partial charge in [-0.15, -0.1) is 0 Å². The van der Waals surface area contributed by atoms with E-state index >= 15 is 0 Å². The van der Waals surface area contributed by atoms with Crippen LogP contribution in [0.2, 0.25) is 0 Å². The molecule has 0 radical (unpaired) electrons. The van der Waals surface area contributed by atoms with Crippen LogP contribution in [0.5, 0.6) is 0 Å². The highest BCUT2D eigenvalue weighted by Crippen LogP contribution is 2.35. The van der Waals surface area contributed by atoms with Gasteiger partial charge in [-0.25, -0.2) is 0 Å². The minimum absolute atomic E-state index is 0.437. The van der Waals surface area contributed by atoms with Gasteiger partial charge in [0.25, 0.3) is 0 Å². The maximum Gasteiger partial charge on any atom is 0.320 e. The lowest BCUT2D eigenvalue weighted by molar-refractivity contribution is -0.143. The smallest absolute Gasteiger partial charge is 0.320 e. The van der Waals surface area contributed by atoms with Crippen LogP contribution in [-0.2, 0) is 11.3 Å². The number of pyridine rings is 1. The number of likely N-dealkylation sites (N-methyl/N-ethyl adjacent to an activating group) is 1. The average molecular weight is 262 g/mol. The summed E-state index contributed by atoms with van der Waals surface area (Å²) in [6, 6.07) is 3.73. The van der Waals surface area contributed by atoms with Crippen molar-refractivity contribution >= 4 is 5.97 Å². The van der Waals surface area contributed by atoms with E-state index in [1.54, 1.807) is 0 Å². The standard InChI is InChI=1S/C15H22N2O2/c1-3-14(15(18)19)17(2)10-13-8-7-12(9-16-13)11-5-4-6-11/h7-9,11,14H,3-6,10H2,1-2H3,(H,18,19)/t14-/m1/s1. The first-order chi connectivity index (χ1) is 9.11. The molecule has 0 saturated heterocycles. The third-order valence-corrected chi connectivity index (χ3v) is 4.04. The molecule has 1 N–H and O–H groups in total. The zero-order valence-electron chi connectivity index (χ0n) is 11.7. The number of carboxylic acid groups (broad SMARTS) is 1. The topological polar surface area (TPSA) is 53.4 Å². The largest absolute Gasteiger partial charge is 0.480 e. The van der Waals surface area contributed by atoms with E-state index < -0.39 is 12.0 Å². The van der Waals surface area contributed by atoms with Crippen LogP contribution in [0.1, 0.15) is 49.8 Å². The van der Waals surface area contributed by atoms with Gasteiger partial charge in [-0.2, -0.15) is 0 Å². The predicted octanol–water partition coefficient (Wildman–Crippen LogP) is 2.64. The normalized spacial score (nSPS) is 17.2. The van der Waals surface area contributed by atoms with Gasteiger partial charge in [0.1, 0.15) is 6.04 Å². The Morgan fingerprint density at radius 1 is 1.53 bits per heavy atom. The second-order valence-corrected chi connectivity index (χ2v) is 5.39. The molecule has 1 aliphatic carbocycles. The summed E-state index contributed by atoms with van der Waals surface area (Å²) in [5.41, 5.74) is 2.26. The quantitative estimate of drug-likeness (QED) is 0.856. The molecule has 0 aliphatic heterocycles. The van der Waals surface area contributed by atoms with Crippen molar-refractivity contribution in [3.8, 4) is 0 Å². The molecular weight excluding hydrogens is 240 g/mol. The zero-order valence-corrected chi connectivity index (χ0v) is 11.7. The van der Waals surface area contributed by atoms with E-state index in [4.69, 9.17) is 5.11 Å². The molecule has 19 heavy (non-hydrogen) atoms. The molecule has 2 rings (SSSR count). The Labute approximate surface area is 114 Å². The number of rotatable bonds is 6. The Kier molecular flexibility index (Phi) is 4.53. The van der Waals surface area contributed by atoms with E-state index in [0.717, 1.165) is 5.69 Å². The van der Waals surface area contributed by atoms with Gasteiger partial charge in [0.2, 0.25) is 0 Å². The maximum absolute atomic E-state index is 11.1. The molecule has 1 atom stereocenters. The Morgan fingerprint density at radius 2 is 2.26 bits per heavy atom. The molecule has 0 bridgehead atoms. The second kappa shape index (κ2) is 6.15. The van der Waals surface area contributed by atoms with Gasteiger partial charge >= 0.3 is 5.97 Å². The predicted molar refractivity (Wildman–Crippen MR) is 74.0 cm³/mol. The first-order valence-electron chi connectivity index (χ1n) is 6.99. The summed E-state index contributed by atoms with van der Waals surface area (Å²) < 4.78 is 0. The highest BCUT2D eigenvalue weighted by molar-refractivity contribution is 5.73. The van der Waals surface area contributed by atoms with E-state index in [2.05, 4.69) is 11.1 Å². The number of carbonyl (C=O) groups is 1. The van der Waals surface area contributed by atoms with Crippen LogP contribution in [-0.4, -0.2) is 34.0 Å². The Bertz CT molecular complexity index is 426. The molecule has 1 aromatic rings. The van der Waals surface area contributed by atoms with E-state index in [1.165, 1.54) is 24.8 Å². The van der Waals surface area contributed by atoms with Crippen LogP contribution in [0.15, 0.2) is 18.3 Å². The molecule has 0 unspecified atom stereocenters. The minimum Gasteiger partial charge on any atom is -0.480 e. The molecule has 0 spiro atoms. The van der Waals surface area contributed by atoms with Crippen molar-refractivity contribution in [2.24, 2.45) is 0 Å². The molecular formula is C15H22N2O2. The van der Waals surface area contributed by atoms with Crippen LogP contribution in [0.4, 0.5) is 0 Å². The second-order valence-electron chi connectivity index (χ2n) is 5.39. The van der Waals surface area contributed by atoms with Crippen LogP contribution in [0.3, 0.4) is 0 Å². The van der Waals surface area contributed by atoms with Gasteiger partial charge in [0.15, 0.2) is 0 Å². The van der Waals surface area contributed by atoms with Crippen molar-refractivity contribution in [1.29, 1.82) is 0 Å². The van der Waals surface area contributed by atoms with Gasteiger partial charge < -0.3 is 5.11 Å². The van der Waals surface area contributed by atoms with E-state index in [0.29, 0.717) is 18.9 Å². The highest BCUT2D eigenvalue weighted by Gasteiger charge is 2.22. The first-order valence-corrected chi connectivity index (χ1v) is 6.99. The molecule has 4 nitrogen and oxygen atoms in total. The summed E-state index contributed by atoms with van der Waals surface area (Å²) in [5.74, 6) is -0.0715. The summed E-state index contributed by atoms with van der Waals surface area (Å²) in [6.07, 6.45) is 6.43. The Hall–Kier alpha value is -1.42. The van der Waals surface area contributed by atoms with Gasteiger partial charge in [-0.1, -0.05) is 19.4 Å². The van der Waals surface area contributed by atoms with Gasteiger partial charge in [0, 0.05) is 12.7 Å². The molecule has 0 aromatic carbocycles. The molecule has 1 heterocycles. The fourth-order valence-electron chi connectivity index (χ4n) is 2.55. The van der Waals surface area contributed by atoms with Crippen molar-refractivity contribution in [2.75, 3.05) is 7.05 Å². The van der Waals surface area contributed by atoms with Crippen molar-refractivity contribution in [3.63, 3.8) is 0 Å². The lowest BCUT2D eigenvalue weighted by Gasteiger charge is -2.26. The molecule has 1 fully saturated rings. The third kappa shape index (κ3) is 3.32. The summed E-state index contributed by atoms with van der Waals surface area (Å²) in [6.45, 7) is 2.47. The van der Waals surface area contributed by atoms with Gasteiger partial charge in [0.05, 0.1) is 5.69 Å². The summed E-state index contributed by atoms with van der Waals surface area (Å²) in [5, 5.41) is 9.12. The zero-order chi connectivity index (χ0) is 13.8. The number of carboxylic acids is 1. The van der Waals surface area contributed by atoms with Crippen LogP contribution < -0.4 is 0 Å². The highest BCUT2D eigenvalue weighted by atomic mass is 16.4. The number of hydrogen-bond acceptors (Lipinski definition) is 3. The van der Waals surface area contributed by atoms with Crippen LogP contribution in [0, 0.1) is 0 Å². The lowest BCUT2D eigenvalue weighted by Crippen LogP contribution is -2.37. The minimum atomic E-state index is -0.768. The number of aliphatic carboxylic acids is 1. The van der Waals surface area contributed by atoms with E-state index in [9.17, 15) is 4.79 Å². The summed E-state index contributed by atoms with van der Waals surface area (Å²) in [4.78, 5) is 17.4. The fraction of sp³-hybridized carbons (Fsp3) is 0.600. The molecule has 0 amide bonds. The first kappa shape index (κ1) is 14.0. The van der Waals surface area contributed by atoms with E-state index in [-0.39, 0.29) is 0 Å². The van der Waals surface area contributed by atoms with E-state index in [1.807, 2.05) is 31.1 Å². The molecule has 1 saturated carbocycles. The van der Waals surface area contributed by atoms with Crippen LogP contribution >= 0.6 is 0 Å². The van der Waals surface area contributed by atoms with Crippen molar-refractivity contribution in [3.05, 3.63) is 29.6 Å². The Balaban J connectivity index is 1.96. The number of nitrogens with zero attached hydrogens (tertiary/aromatic N) is 2. The SMILES string of the molecule is CC[C@H](C(=O)O)N(C)Cc1ccc(C2CCC2)cn1. The average Bonchev–Trinajstić information content (AvgIpc) is 2.29. The van der Waals surface area contributed by atoms with Gasteiger partial charge in [-0.3, -0.25) is 14.7 Å². The lowest BCUT2D eigenvalue weighted by atomic mass is 9.81. The summed E-state index contributed by atoms with van der Waals surface area (Å²) in [7, 11) is 1.84. The molecule has 1 aromatic heterocycles. The van der Waals surface area contributed by atoms with Crippen molar-refractivity contribution in [1.82, 2.24) is 9.88 Å². The third-order valence-electron chi connectivity index (χ3n) is 4.04. The van der Waals surface area contributed by atoms with Crippen molar-refractivity contribution < 1.29 is 9.90 Å². The molecule has 1 aliphatic rings. The monoisotopic (exact) mass is 262 g/mol. The number of hydrogen-bond donors (Lipinski definition) is 1. The Morgan fingerprint density at radius 3 is 2.68 bits per heavy atom. The maximum atomic E-state index is 11.1. The number of aromatic nitrogens is 1. The fourth-order valence-corrected chi connectivity index (χ4v) is 2.55. The van der Waals surface area contributed by atoms with Crippen molar-refractivity contribution in [2.45, 2.75) is 51.1 Å². The molecule has 104 valence electrons. The summed E-state index contributed by atoms with van der Waals surface area (Å²) >= 11 is 0. The molecule has 4 heteroatoms.